The number of aromatic amines is 1. The highest BCUT2D eigenvalue weighted by Gasteiger charge is 2.66. The molecule has 2 saturated carbocycles. The summed E-state index contributed by atoms with van der Waals surface area (Å²) >= 11 is 0. The number of fused-ring (bicyclic) bond motifs is 5. The molecule has 45 heavy (non-hydrogen) atoms. The molecule has 1 N–H and O–H groups in total. The average Bonchev–Trinajstić information content (AvgIpc) is 3.42. The summed E-state index contributed by atoms with van der Waals surface area (Å²) in [6.45, 7) is 25.2. The SMILES string of the molecule is CC(C)[Si](OC[C@H]1Cc2ccc3[nH]c4c5c3c2[C@H]2[C@@H]1C[C@@H]2C(C)(C)O[C@H]5[C@@H]1CCC2=CC(=O)CC[C@]2(C)[C@@]41C)(C(C)C)C(C)C. The third-order valence-corrected chi connectivity index (χ3v) is 21.3. The van der Waals surface area contributed by atoms with Gasteiger partial charge in [0.25, 0.3) is 0 Å². The van der Waals surface area contributed by atoms with Crippen molar-refractivity contribution >= 4 is 25.0 Å². The van der Waals surface area contributed by atoms with Gasteiger partial charge in [-0.15, -0.1) is 0 Å². The van der Waals surface area contributed by atoms with E-state index in [1.165, 1.54) is 34.2 Å². The molecule has 0 amide bonds. The molecular formula is C40H57NO3Si. The van der Waals surface area contributed by atoms with Gasteiger partial charge in [-0.3, -0.25) is 4.79 Å². The molecule has 0 unspecified atom stereocenters. The number of ketones is 1. The molecular weight excluding hydrogens is 571 g/mol. The third kappa shape index (κ3) is 3.70. The molecule has 1 aromatic heterocycles. The Morgan fingerprint density at radius 1 is 0.978 bits per heavy atom. The van der Waals surface area contributed by atoms with Crippen molar-refractivity contribution in [2.75, 3.05) is 6.61 Å². The van der Waals surface area contributed by atoms with Gasteiger partial charge in [-0.25, -0.2) is 0 Å². The Labute approximate surface area is 272 Å². The van der Waals surface area contributed by atoms with Crippen LogP contribution in [0.2, 0.25) is 16.6 Å². The minimum Gasteiger partial charge on any atom is -0.416 e. The zero-order chi connectivity index (χ0) is 32.0. The minimum atomic E-state index is -1.93. The molecule has 0 radical (unpaired) electrons. The summed E-state index contributed by atoms with van der Waals surface area (Å²) in [5.41, 5.74) is 10.3. The van der Waals surface area contributed by atoms with Crippen LogP contribution in [-0.4, -0.2) is 31.3 Å². The van der Waals surface area contributed by atoms with Crippen LogP contribution in [-0.2, 0) is 25.8 Å². The first kappa shape index (κ1) is 30.6. The molecule has 0 spiro atoms. The summed E-state index contributed by atoms with van der Waals surface area (Å²) in [5.74, 6) is 3.03. The van der Waals surface area contributed by atoms with E-state index in [1.54, 1.807) is 11.1 Å². The average molecular weight is 628 g/mol. The van der Waals surface area contributed by atoms with E-state index >= 15 is 0 Å². The first-order valence-corrected chi connectivity index (χ1v) is 20.5. The molecule has 6 aliphatic rings. The summed E-state index contributed by atoms with van der Waals surface area (Å²) in [6.07, 6.45) is 8.22. The van der Waals surface area contributed by atoms with E-state index in [9.17, 15) is 4.79 Å². The Hall–Kier alpha value is -1.69. The number of hydrogen-bond acceptors (Lipinski definition) is 3. The van der Waals surface area contributed by atoms with Crippen molar-refractivity contribution in [1.82, 2.24) is 4.98 Å². The number of aromatic nitrogens is 1. The Bertz CT molecular complexity index is 1590. The number of ether oxygens (including phenoxy) is 1. The van der Waals surface area contributed by atoms with Gasteiger partial charge in [-0.1, -0.05) is 67.0 Å². The molecule has 1 aromatic carbocycles. The lowest BCUT2D eigenvalue weighted by Gasteiger charge is -2.60. The van der Waals surface area contributed by atoms with Crippen molar-refractivity contribution in [3.8, 4) is 0 Å². The summed E-state index contributed by atoms with van der Waals surface area (Å²) in [6, 6.07) is 4.86. The van der Waals surface area contributed by atoms with Gasteiger partial charge in [0, 0.05) is 51.9 Å². The van der Waals surface area contributed by atoms with Gasteiger partial charge in [0.05, 0.1) is 11.7 Å². The van der Waals surface area contributed by atoms with Gasteiger partial charge in [0.15, 0.2) is 14.1 Å². The van der Waals surface area contributed by atoms with E-state index in [2.05, 4.69) is 86.4 Å². The van der Waals surface area contributed by atoms with Gasteiger partial charge < -0.3 is 14.1 Å². The first-order chi connectivity index (χ1) is 21.2. The minimum absolute atomic E-state index is 0.0284. The highest BCUT2D eigenvalue weighted by atomic mass is 28.4. The second-order valence-electron chi connectivity index (χ2n) is 18.1. The zero-order valence-corrected chi connectivity index (χ0v) is 30.6. The van der Waals surface area contributed by atoms with Gasteiger partial charge in [-0.05, 0) is 110 Å². The van der Waals surface area contributed by atoms with Crippen LogP contribution in [0.15, 0.2) is 23.8 Å². The van der Waals surface area contributed by atoms with E-state index in [-0.39, 0.29) is 22.5 Å². The van der Waals surface area contributed by atoms with Crippen molar-refractivity contribution in [2.24, 2.45) is 29.1 Å². The molecule has 0 saturated heterocycles. The molecule has 2 heterocycles. The Morgan fingerprint density at radius 3 is 2.38 bits per heavy atom. The van der Waals surface area contributed by atoms with Crippen molar-refractivity contribution in [3.63, 3.8) is 0 Å². The number of hydrogen-bond donors (Lipinski definition) is 1. The van der Waals surface area contributed by atoms with Crippen LogP contribution >= 0.6 is 0 Å². The van der Waals surface area contributed by atoms with E-state index in [1.807, 2.05) is 6.08 Å². The van der Waals surface area contributed by atoms with E-state index in [0.29, 0.717) is 58.4 Å². The van der Waals surface area contributed by atoms with Gasteiger partial charge in [0.1, 0.15) is 0 Å². The topological polar surface area (TPSA) is 51.3 Å². The lowest BCUT2D eigenvalue weighted by Crippen LogP contribution is -2.56. The number of allylic oxidation sites excluding steroid dienone is 2. The number of H-pyrrole nitrogens is 1. The lowest BCUT2D eigenvalue weighted by molar-refractivity contribution is -0.178. The van der Waals surface area contributed by atoms with E-state index in [4.69, 9.17) is 9.16 Å². The maximum Gasteiger partial charge on any atom is 0.200 e. The Kier molecular flexibility index (Phi) is 6.60. The maximum absolute atomic E-state index is 12.6. The monoisotopic (exact) mass is 627 g/mol. The van der Waals surface area contributed by atoms with Crippen molar-refractivity contribution < 1.29 is 14.0 Å². The molecule has 244 valence electrons. The second-order valence-corrected chi connectivity index (χ2v) is 23.5. The van der Waals surface area contributed by atoms with Crippen LogP contribution < -0.4 is 0 Å². The number of nitrogens with one attached hydrogen (secondary N) is 1. The highest BCUT2D eigenvalue weighted by molar-refractivity contribution is 6.77. The lowest BCUT2D eigenvalue weighted by atomic mass is 9.48. The Morgan fingerprint density at radius 2 is 1.69 bits per heavy atom. The number of carbonyl (C=O) groups excluding carboxylic acids is 1. The van der Waals surface area contributed by atoms with E-state index in [0.717, 1.165) is 32.3 Å². The fourth-order valence-electron chi connectivity index (χ4n) is 12.9. The van der Waals surface area contributed by atoms with Crippen LogP contribution in [0.4, 0.5) is 0 Å². The molecule has 0 bridgehead atoms. The van der Waals surface area contributed by atoms with Crippen LogP contribution in [0.5, 0.6) is 0 Å². The van der Waals surface area contributed by atoms with Crippen LogP contribution in [0.1, 0.15) is 136 Å². The van der Waals surface area contributed by atoms with Gasteiger partial charge in [-0.2, -0.15) is 0 Å². The smallest absolute Gasteiger partial charge is 0.200 e. The summed E-state index contributed by atoms with van der Waals surface area (Å²) < 4.78 is 14.8. The Balaban J connectivity index is 1.26. The first-order valence-electron chi connectivity index (χ1n) is 18.4. The number of benzene rings is 1. The quantitative estimate of drug-likeness (QED) is 0.324. The van der Waals surface area contributed by atoms with E-state index < -0.39 is 8.32 Å². The standard InChI is InChI=1S/C40H57NO3Si/c1-21(2)45(22(3)4,23(5)6)43-20-25-17-24-11-14-31-34-32(24)33-28(25)19-30(33)38(7,8)44-36-29-13-12-26-18-27(42)15-16-39(26,9)40(29,10)37(41-31)35(34)36/h11,14,18,21-23,25,28-30,33,36,41H,12-13,15-17,19-20H2,1-10H3/t25-,28-,29+,30+,33+,36+,39+,40-/m1/s1. The van der Waals surface area contributed by atoms with Gasteiger partial charge in [0.2, 0.25) is 0 Å². The normalized spacial score (nSPS) is 37.8. The van der Waals surface area contributed by atoms with Crippen LogP contribution in [0.3, 0.4) is 0 Å². The highest BCUT2D eigenvalue weighted by Crippen LogP contribution is 2.72. The molecule has 2 fully saturated rings. The number of carbonyl (C=O) groups is 1. The molecule has 5 aliphatic carbocycles. The van der Waals surface area contributed by atoms with Crippen LogP contribution in [0.25, 0.3) is 10.9 Å². The molecule has 1 aliphatic heterocycles. The van der Waals surface area contributed by atoms with Crippen molar-refractivity contribution in [3.05, 3.63) is 46.2 Å². The predicted octanol–water partition coefficient (Wildman–Crippen LogP) is 10.1. The summed E-state index contributed by atoms with van der Waals surface area (Å²) in [4.78, 5) is 16.7. The van der Waals surface area contributed by atoms with Gasteiger partial charge >= 0.3 is 0 Å². The largest absolute Gasteiger partial charge is 0.416 e. The maximum atomic E-state index is 12.6. The second kappa shape index (κ2) is 9.69. The summed E-state index contributed by atoms with van der Waals surface area (Å²) in [7, 11) is -1.93. The summed E-state index contributed by atoms with van der Waals surface area (Å²) in [5, 5.41) is 1.51. The number of rotatable bonds is 6. The third-order valence-electron chi connectivity index (χ3n) is 15.3. The molecule has 8 rings (SSSR count). The van der Waals surface area contributed by atoms with Crippen molar-refractivity contribution in [1.29, 1.82) is 0 Å². The predicted molar refractivity (Wildman–Crippen MR) is 185 cm³/mol. The van der Waals surface area contributed by atoms with Crippen LogP contribution in [0, 0.1) is 29.1 Å². The van der Waals surface area contributed by atoms with Crippen molar-refractivity contribution in [2.45, 2.75) is 147 Å². The molecule has 4 nitrogen and oxygen atoms in total. The fraction of sp³-hybridized carbons (Fsp3) is 0.725. The molecule has 8 atom stereocenters. The molecule has 2 aromatic rings. The molecule has 5 heteroatoms. The zero-order valence-electron chi connectivity index (χ0n) is 29.6. The fourth-order valence-corrected chi connectivity index (χ4v) is 18.4.